The van der Waals surface area contributed by atoms with Crippen molar-refractivity contribution in [2.45, 2.75) is 23.6 Å². The molecule has 0 heterocycles. The summed E-state index contributed by atoms with van der Waals surface area (Å²) >= 11 is 0. The minimum atomic E-state index is -4.43. The fraction of sp³-hybridized carbons (Fsp3) is 0.222. The minimum absolute atomic E-state index is 0. The molecule has 0 atom stereocenters. The quantitative estimate of drug-likeness (QED) is 0.186. The van der Waals surface area contributed by atoms with Crippen LogP contribution in [0.2, 0.25) is 0 Å². The molecule has 10 nitrogen and oxygen atoms in total. The predicted molar refractivity (Wildman–Crippen MR) is 110 cm³/mol. The van der Waals surface area contributed by atoms with Crippen LogP contribution in [0.15, 0.2) is 56.2 Å². The van der Waals surface area contributed by atoms with Crippen molar-refractivity contribution in [2.75, 3.05) is 13.1 Å². The van der Waals surface area contributed by atoms with Crippen molar-refractivity contribution < 1.29 is 53.2 Å². The number of phenols is 2. The van der Waals surface area contributed by atoms with Crippen LogP contribution in [0.3, 0.4) is 0 Å². The largest absolute Gasteiger partial charge is 0.507 e. The summed E-state index contributed by atoms with van der Waals surface area (Å²) in [6.45, 7) is 3.36. The number of rotatable bonds is 7. The smallest absolute Gasteiger partial charge is 0.294 e. The molecule has 31 heavy (non-hydrogen) atoms. The van der Waals surface area contributed by atoms with Gasteiger partial charge in [0.15, 0.2) is 0 Å². The first-order chi connectivity index (χ1) is 13.8. The summed E-state index contributed by atoms with van der Waals surface area (Å²) in [5.74, 6) is -0.425. The average molecular weight is 520 g/mol. The van der Waals surface area contributed by atoms with Gasteiger partial charge in [0.25, 0.3) is 20.2 Å². The summed E-state index contributed by atoms with van der Waals surface area (Å²) < 4.78 is 63.2. The maximum Gasteiger partial charge on any atom is 0.294 e. The molecule has 0 aliphatic rings. The monoisotopic (exact) mass is 519 g/mol. The first-order valence-corrected chi connectivity index (χ1v) is 11.3. The SMILES string of the molecule is CC(=NCCN=C(C)c1cc(S(=O)(=O)O)ccc1O)c1cc(S(=O)(=O)O)ccc1O.[Cu]. The van der Waals surface area contributed by atoms with Gasteiger partial charge in [0.2, 0.25) is 0 Å². The van der Waals surface area contributed by atoms with Crippen molar-refractivity contribution in [3.8, 4) is 11.5 Å². The fourth-order valence-electron chi connectivity index (χ4n) is 2.54. The number of nitrogens with zero attached hydrogens (tertiary/aromatic N) is 2. The van der Waals surface area contributed by atoms with E-state index < -0.39 is 20.2 Å². The summed E-state index contributed by atoms with van der Waals surface area (Å²) in [7, 11) is -8.87. The fourth-order valence-corrected chi connectivity index (χ4v) is 3.55. The third kappa shape index (κ3) is 7.13. The zero-order chi connectivity index (χ0) is 22.7. The van der Waals surface area contributed by atoms with Crippen molar-refractivity contribution in [1.29, 1.82) is 0 Å². The third-order valence-corrected chi connectivity index (χ3v) is 5.81. The van der Waals surface area contributed by atoms with Crippen LogP contribution in [0.1, 0.15) is 25.0 Å². The van der Waals surface area contributed by atoms with Gasteiger partial charge in [-0.3, -0.25) is 19.1 Å². The van der Waals surface area contributed by atoms with E-state index in [0.29, 0.717) is 11.4 Å². The Morgan fingerprint density at radius 2 is 1.06 bits per heavy atom. The van der Waals surface area contributed by atoms with Crippen LogP contribution in [-0.4, -0.2) is 60.7 Å². The molecule has 1 radical (unpaired) electrons. The van der Waals surface area contributed by atoms with Crippen LogP contribution >= 0.6 is 0 Å². The topological polar surface area (TPSA) is 174 Å². The van der Waals surface area contributed by atoms with E-state index in [1.807, 2.05) is 0 Å². The van der Waals surface area contributed by atoms with Gasteiger partial charge in [0, 0.05) is 39.6 Å². The molecule has 0 unspecified atom stereocenters. The van der Waals surface area contributed by atoms with Crippen LogP contribution < -0.4 is 0 Å². The Morgan fingerprint density at radius 1 is 0.742 bits per heavy atom. The van der Waals surface area contributed by atoms with Crippen molar-refractivity contribution in [3.05, 3.63) is 47.5 Å². The summed E-state index contributed by atoms with van der Waals surface area (Å²) in [6, 6.07) is 6.56. The van der Waals surface area contributed by atoms with Gasteiger partial charge in [-0.25, -0.2) is 0 Å². The number of aromatic hydroxyl groups is 2. The second kappa shape index (κ2) is 10.4. The molecule has 2 aromatic carbocycles. The molecule has 2 aromatic rings. The minimum Gasteiger partial charge on any atom is -0.507 e. The molecule has 0 fully saturated rings. The Kier molecular flexibility index (Phi) is 8.94. The van der Waals surface area contributed by atoms with Crippen LogP contribution in [0.5, 0.6) is 11.5 Å². The summed E-state index contributed by atoms with van der Waals surface area (Å²) in [5, 5.41) is 19.8. The zero-order valence-electron chi connectivity index (χ0n) is 16.3. The predicted octanol–water partition coefficient (Wildman–Crippen LogP) is 1.91. The van der Waals surface area contributed by atoms with E-state index >= 15 is 0 Å². The van der Waals surface area contributed by atoms with Gasteiger partial charge in [-0.15, -0.1) is 0 Å². The van der Waals surface area contributed by atoms with E-state index in [-0.39, 0.29) is 62.6 Å². The first kappa shape index (κ1) is 26.8. The maximum atomic E-state index is 11.2. The molecule has 0 spiro atoms. The van der Waals surface area contributed by atoms with E-state index in [1.165, 1.54) is 0 Å². The van der Waals surface area contributed by atoms with Crippen LogP contribution in [-0.2, 0) is 37.3 Å². The standard InChI is InChI=1S/C18H20N2O8S2.Cu/c1-11(15-9-13(29(23,24)25)3-5-17(15)21)19-7-8-20-12(2)16-10-14(30(26,27)28)4-6-18(16)22;/h3-6,9-10,21-22H,7-8H2,1-2H3,(H,23,24,25)(H,26,27,28);. The van der Waals surface area contributed by atoms with E-state index in [2.05, 4.69) is 9.98 Å². The van der Waals surface area contributed by atoms with Crippen LogP contribution in [0, 0.1) is 0 Å². The van der Waals surface area contributed by atoms with E-state index in [4.69, 9.17) is 9.11 Å². The molecular weight excluding hydrogens is 500 g/mol. The van der Waals surface area contributed by atoms with Gasteiger partial charge in [-0.1, -0.05) is 0 Å². The number of benzene rings is 2. The van der Waals surface area contributed by atoms with Crippen LogP contribution in [0.4, 0.5) is 0 Å². The second-order valence-corrected chi connectivity index (χ2v) is 9.09. The van der Waals surface area contributed by atoms with Crippen LogP contribution in [0.25, 0.3) is 0 Å². The summed E-state index contributed by atoms with van der Waals surface area (Å²) in [4.78, 5) is 7.63. The first-order valence-electron chi connectivity index (χ1n) is 8.44. The summed E-state index contributed by atoms with van der Waals surface area (Å²) in [5.41, 5.74) is 0.873. The second-order valence-electron chi connectivity index (χ2n) is 6.24. The molecule has 2 rings (SSSR count). The Labute approximate surface area is 190 Å². The number of aliphatic imine (C=N–C) groups is 2. The van der Waals surface area contributed by atoms with Crippen molar-refractivity contribution >= 4 is 31.7 Å². The van der Waals surface area contributed by atoms with Gasteiger partial charge in [0.1, 0.15) is 11.5 Å². The van der Waals surface area contributed by atoms with Crippen molar-refractivity contribution in [1.82, 2.24) is 0 Å². The van der Waals surface area contributed by atoms with E-state index in [9.17, 15) is 27.0 Å². The maximum absolute atomic E-state index is 11.2. The van der Waals surface area contributed by atoms with Gasteiger partial charge in [-0.2, -0.15) is 16.8 Å². The zero-order valence-corrected chi connectivity index (χ0v) is 18.9. The Hall–Kier alpha value is -2.28. The van der Waals surface area contributed by atoms with Gasteiger partial charge >= 0.3 is 0 Å². The number of hydrogen-bond acceptors (Lipinski definition) is 8. The molecule has 173 valence electrons. The number of phenolic OH excluding ortho intramolecular Hbond substituents is 2. The van der Waals surface area contributed by atoms with Gasteiger partial charge < -0.3 is 10.2 Å². The Bertz CT molecular complexity index is 1140. The van der Waals surface area contributed by atoms with Crippen molar-refractivity contribution in [2.24, 2.45) is 9.98 Å². The van der Waals surface area contributed by atoms with E-state index in [0.717, 1.165) is 36.4 Å². The molecular formula is C18H20CuN2O8S2. The van der Waals surface area contributed by atoms with Gasteiger partial charge in [0.05, 0.1) is 22.9 Å². The van der Waals surface area contributed by atoms with Gasteiger partial charge in [-0.05, 0) is 50.2 Å². The molecule has 0 aliphatic carbocycles. The normalized spacial score (nSPS) is 13.0. The van der Waals surface area contributed by atoms with Crippen molar-refractivity contribution in [3.63, 3.8) is 0 Å². The molecule has 0 aromatic heterocycles. The average Bonchev–Trinajstić information content (AvgIpc) is 2.63. The number of hydrogen-bond donors (Lipinski definition) is 4. The Morgan fingerprint density at radius 3 is 1.35 bits per heavy atom. The molecule has 0 amide bonds. The third-order valence-electron chi connectivity index (χ3n) is 4.11. The molecule has 0 bridgehead atoms. The molecule has 0 saturated heterocycles. The summed E-state index contributed by atoms with van der Waals surface area (Å²) in [6.07, 6.45) is 0. The molecule has 0 aliphatic heterocycles. The van der Waals surface area contributed by atoms with E-state index in [1.54, 1.807) is 13.8 Å². The molecule has 0 saturated carbocycles. The molecule has 4 N–H and O–H groups in total. The Balaban J connectivity index is 0.00000480. The molecule has 13 heteroatoms.